The first-order valence-corrected chi connectivity index (χ1v) is 6.05. The van der Waals surface area contributed by atoms with Gasteiger partial charge >= 0.3 is 0 Å². The van der Waals surface area contributed by atoms with Crippen molar-refractivity contribution in [2.45, 2.75) is 57.5 Å². The Bertz CT molecular complexity index is 260. The van der Waals surface area contributed by atoms with E-state index in [9.17, 15) is 4.79 Å². The van der Waals surface area contributed by atoms with Crippen LogP contribution in [0.1, 0.15) is 45.4 Å². The highest BCUT2D eigenvalue weighted by Gasteiger charge is 2.33. The molecule has 0 aliphatic carbocycles. The first-order valence-electron chi connectivity index (χ1n) is 6.05. The summed E-state index contributed by atoms with van der Waals surface area (Å²) >= 11 is 0. The van der Waals surface area contributed by atoms with E-state index in [1.54, 1.807) is 0 Å². The monoisotopic (exact) mass is 207 g/mol. The van der Waals surface area contributed by atoms with E-state index in [-0.39, 0.29) is 0 Å². The summed E-state index contributed by atoms with van der Waals surface area (Å²) in [5.41, 5.74) is 0.997. The largest absolute Gasteiger partial charge is 0.311 e. The fourth-order valence-corrected chi connectivity index (χ4v) is 3.07. The zero-order valence-corrected chi connectivity index (χ0v) is 9.59. The van der Waals surface area contributed by atoms with Crippen LogP contribution in [0, 0.1) is 5.92 Å². The van der Waals surface area contributed by atoms with E-state index in [1.165, 1.54) is 25.7 Å². The molecule has 0 aromatic heterocycles. The maximum atomic E-state index is 11.7. The van der Waals surface area contributed by atoms with Crippen molar-refractivity contribution in [1.29, 1.82) is 0 Å². The summed E-state index contributed by atoms with van der Waals surface area (Å²) in [6.45, 7) is 5.73. The molecule has 2 heteroatoms. The Balaban J connectivity index is 1.80. The van der Waals surface area contributed by atoms with Gasteiger partial charge < -0.3 is 5.32 Å². The van der Waals surface area contributed by atoms with E-state index in [2.05, 4.69) is 11.9 Å². The van der Waals surface area contributed by atoms with E-state index in [0.29, 0.717) is 30.2 Å². The maximum Gasteiger partial charge on any atom is 0.137 e. The zero-order valence-electron chi connectivity index (χ0n) is 9.59. The van der Waals surface area contributed by atoms with Gasteiger partial charge in [0.2, 0.25) is 0 Å². The van der Waals surface area contributed by atoms with Gasteiger partial charge in [-0.25, -0.2) is 0 Å². The Morgan fingerprint density at radius 1 is 1.33 bits per heavy atom. The number of carbonyl (C=O) groups is 1. The highest BCUT2D eigenvalue weighted by Crippen LogP contribution is 2.33. The number of piperidine rings is 1. The quantitative estimate of drug-likeness (QED) is 0.717. The number of hydrogen-bond acceptors (Lipinski definition) is 2. The summed E-state index contributed by atoms with van der Waals surface area (Å²) in [6, 6.07) is 1.40. The topological polar surface area (TPSA) is 29.1 Å². The number of allylic oxidation sites excluding steroid dienone is 1. The van der Waals surface area contributed by atoms with E-state index >= 15 is 0 Å². The van der Waals surface area contributed by atoms with Gasteiger partial charge in [-0.2, -0.15) is 0 Å². The third kappa shape index (κ3) is 2.91. The van der Waals surface area contributed by atoms with Crippen molar-refractivity contribution in [3.8, 4) is 0 Å². The number of ketones is 1. The van der Waals surface area contributed by atoms with Crippen molar-refractivity contribution in [1.82, 2.24) is 5.32 Å². The Labute approximate surface area is 92.1 Å². The zero-order chi connectivity index (χ0) is 10.8. The minimum atomic E-state index is 0.383. The fraction of sp³-hybridized carbons (Fsp3) is 0.769. The van der Waals surface area contributed by atoms with Crippen LogP contribution in [0.4, 0.5) is 0 Å². The van der Waals surface area contributed by atoms with Gasteiger partial charge in [-0.1, -0.05) is 12.2 Å². The third-order valence-electron chi connectivity index (χ3n) is 3.59. The van der Waals surface area contributed by atoms with Crippen LogP contribution in [0.2, 0.25) is 0 Å². The SMILES string of the molecule is C=C(C)CC(=O)CC1CC2CCC(C1)N2. The second-order valence-electron chi connectivity index (χ2n) is 5.35. The second kappa shape index (κ2) is 4.48. The van der Waals surface area contributed by atoms with Crippen molar-refractivity contribution in [2.75, 3.05) is 0 Å². The predicted molar refractivity (Wildman–Crippen MR) is 61.7 cm³/mol. The normalized spacial score (nSPS) is 34.1. The molecule has 1 N–H and O–H groups in total. The minimum absolute atomic E-state index is 0.383. The van der Waals surface area contributed by atoms with Gasteiger partial charge in [0.25, 0.3) is 0 Å². The second-order valence-corrected chi connectivity index (χ2v) is 5.35. The molecule has 0 saturated carbocycles. The summed E-state index contributed by atoms with van der Waals surface area (Å²) in [6.07, 6.45) is 6.41. The van der Waals surface area contributed by atoms with Crippen LogP contribution in [0.15, 0.2) is 12.2 Å². The molecule has 2 atom stereocenters. The first-order chi connectivity index (χ1) is 7.13. The molecule has 2 aliphatic heterocycles. The molecule has 2 saturated heterocycles. The van der Waals surface area contributed by atoms with Crippen LogP contribution in [-0.2, 0) is 4.79 Å². The molecule has 0 aromatic carbocycles. The molecule has 2 aliphatic rings. The van der Waals surface area contributed by atoms with E-state index < -0.39 is 0 Å². The molecule has 0 radical (unpaired) electrons. The molecule has 0 aromatic rings. The molecule has 0 spiro atoms. The number of rotatable bonds is 4. The lowest BCUT2D eigenvalue weighted by molar-refractivity contribution is -0.119. The lowest BCUT2D eigenvalue weighted by Gasteiger charge is -2.28. The summed E-state index contributed by atoms with van der Waals surface area (Å²) < 4.78 is 0. The predicted octanol–water partition coefficient (Wildman–Crippen LogP) is 2.44. The molecule has 84 valence electrons. The Morgan fingerprint density at radius 3 is 2.47 bits per heavy atom. The Kier molecular flexibility index (Phi) is 3.25. The molecule has 15 heavy (non-hydrogen) atoms. The summed E-state index contributed by atoms with van der Waals surface area (Å²) in [7, 11) is 0. The van der Waals surface area contributed by atoms with Gasteiger partial charge in [0.15, 0.2) is 0 Å². The van der Waals surface area contributed by atoms with Crippen LogP contribution >= 0.6 is 0 Å². The summed E-state index contributed by atoms with van der Waals surface area (Å²) in [5, 5.41) is 3.61. The van der Waals surface area contributed by atoms with E-state index in [4.69, 9.17) is 0 Å². The molecule has 2 unspecified atom stereocenters. The van der Waals surface area contributed by atoms with Gasteiger partial charge in [0.05, 0.1) is 0 Å². The van der Waals surface area contributed by atoms with Crippen LogP contribution in [-0.4, -0.2) is 17.9 Å². The van der Waals surface area contributed by atoms with Gasteiger partial charge in [0.1, 0.15) is 5.78 Å². The number of Topliss-reactive ketones (excluding diaryl/α,β-unsaturated/α-hetero) is 1. The lowest BCUT2D eigenvalue weighted by atomic mass is 9.87. The van der Waals surface area contributed by atoms with Crippen molar-refractivity contribution in [3.63, 3.8) is 0 Å². The van der Waals surface area contributed by atoms with Crippen LogP contribution < -0.4 is 5.32 Å². The molecule has 2 heterocycles. The average Bonchev–Trinajstić information content (AvgIpc) is 2.44. The van der Waals surface area contributed by atoms with Gasteiger partial charge in [-0.05, 0) is 38.5 Å². The molecular formula is C13H21NO. The molecular weight excluding hydrogens is 186 g/mol. The molecule has 0 amide bonds. The summed E-state index contributed by atoms with van der Waals surface area (Å²) in [5.74, 6) is 1.02. The van der Waals surface area contributed by atoms with Gasteiger partial charge in [-0.15, -0.1) is 0 Å². The standard InChI is InChI=1S/C13H21NO/c1-9(2)5-13(15)8-10-6-11-3-4-12(7-10)14-11/h10-12,14H,1,3-8H2,2H3. The Hall–Kier alpha value is -0.630. The van der Waals surface area contributed by atoms with Crippen molar-refractivity contribution in [2.24, 2.45) is 5.92 Å². The van der Waals surface area contributed by atoms with Crippen LogP contribution in [0.25, 0.3) is 0 Å². The van der Waals surface area contributed by atoms with Gasteiger partial charge in [0, 0.05) is 24.9 Å². The number of carbonyl (C=O) groups excluding carboxylic acids is 1. The fourth-order valence-electron chi connectivity index (χ4n) is 3.07. The smallest absolute Gasteiger partial charge is 0.137 e. The number of fused-ring (bicyclic) bond motifs is 2. The van der Waals surface area contributed by atoms with Crippen molar-refractivity contribution >= 4 is 5.78 Å². The highest BCUT2D eigenvalue weighted by molar-refractivity contribution is 5.80. The molecule has 2 bridgehead atoms. The average molecular weight is 207 g/mol. The third-order valence-corrected chi connectivity index (χ3v) is 3.59. The minimum Gasteiger partial charge on any atom is -0.311 e. The Morgan fingerprint density at radius 2 is 1.93 bits per heavy atom. The number of hydrogen-bond donors (Lipinski definition) is 1. The van der Waals surface area contributed by atoms with Gasteiger partial charge in [-0.3, -0.25) is 4.79 Å². The van der Waals surface area contributed by atoms with E-state index in [0.717, 1.165) is 12.0 Å². The number of nitrogens with one attached hydrogen (secondary N) is 1. The molecule has 2 nitrogen and oxygen atoms in total. The highest BCUT2D eigenvalue weighted by atomic mass is 16.1. The first kappa shape index (κ1) is 10.9. The van der Waals surface area contributed by atoms with Crippen molar-refractivity contribution in [3.05, 3.63) is 12.2 Å². The molecule has 2 rings (SSSR count). The van der Waals surface area contributed by atoms with Crippen LogP contribution in [0.3, 0.4) is 0 Å². The summed E-state index contributed by atoms with van der Waals surface area (Å²) in [4.78, 5) is 11.7. The lowest BCUT2D eigenvalue weighted by Crippen LogP contribution is -2.38. The molecule has 2 fully saturated rings. The van der Waals surface area contributed by atoms with E-state index in [1.807, 2.05) is 6.92 Å². The maximum absolute atomic E-state index is 11.7. The van der Waals surface area contributed by atoms with Crippen molar-refractivity contribution < 1.29 is 4.79 Å². The van der Waals surface area contributed by atoms with Crippen LogP contribution in [0.5, 0.6) is 0 Å².